The van der Waals surface area contributed by atoms with E-state index in [0.717, 1.165) is 0 Å². The molecule has 1 aliphatic heterocycles. The minimum absolute atomic E-state index is 0.208. The summed E-state index contributed by atoms with van der Waals surface area (Å²) < 4.78 is 0. The highest BCUT2D eigenvalue weighted by Crippen LogP contribution is 2.41. The molecule has 0 aliphatic carbocycles. The highest BCUT2D eigenvalue weighted by atomic mass is 14.3. The topological polar surface area (TPSA) is 0 Å². The molecule has 0 N–H and O–H groups in total. The summed E-state index contributed by atoms with van der Waals surface area (Å²) in [7, 11) is 0. The Morgan fingerprint density at radius 2 is 0.886 bits per heavy atom. The molecular weight excluding hydrogens is 527 g/mol. The van der Waals surface area contributed by atoms with Crippen LogP contribution in [0.25, 0.3) is 43.4 Å². The van der Waals surface area contributed by atoms with E-state index in [2.05, 4.69) is 142 Å². The zero-order valence-corrected chi connectivity index (χ0v) is 28.4. The van der Waals surface area contributed by atoms with E-state index < -0.39 is 0 Å². The van der Waals surface area contributed by atoms with Crippen LogP contribution in [-0.2, 0) is 0 Å². The zero-order chi connectivity index (χ0) is 31.2. The smallest absolute Gasteiger partial charge is 0.0618 e. The van der Waals surface area contributed by atoms with Gasteiger partial charge in [-0.1, -0.05) is 152 Å². The van der Waals surface area contributed by atoms with E-state index in [1.165, 1.54) is 76.7 Å². The van der Waals surface area contributed by atoms with E-state index in [9.17, 15) is 0 Å². The molecule has 6 aromatic rings. The van der Waals surface area contributed by atoms with Gasteiger partial charge in [-0.15, -0.1) is 0 Å². The van der Waals surface area contributed by atoms with Crippen molar-refractivity contribution in [3.8, 4) is 11.1 Å². The first-order valence-electron chi connectivity index (χ1n) is 17.0. The van der Waals surface area contributed by atoms with Crippen LogP contribution in [-0.4, -0.2) is 6.71 Å². The first-order chi connectivity index (χ1) is 21.0. The maximum atomic E-state index is 2.56. The molecule has 0 atom stereocenters. The summed E-state index contributed by atoms with van der Waals surface area (Å²) in [6.07, 6.45) is 0. The van der Waals surface area contributed by atoms with Crippen LogP contribution in [0.2, 0.25) is 0 Å². The highest BCUT2D eigenvalue weighted by molar-refractivity contribution is 7.01. The van der Waals surface area contributed by atoms with Gasteiger partial charge in [-0.3, -0.25) is 0 Å². The molecule has 0 spiro atoms. The van der Waals surface area contributed by atoms with E-state index in [1.807, 2.05) is 0 Å². The fraction of sp³-hybridized carbons (Fsp3) is 0.349. The number of hydrogen-bond donors (Lipinski definition) is 0. The van der Waals surface area contributed by atoms with Gasteiger partial charge in [0.25, 0.3) is 0 Å². The van der Waals surface area contributed by atoms with Gasteiger partial charge in [0.05, 0.1) is 0 Å². The molecule has 6 aromatic carbocycles. The molecule has 0 saturated heterocycles. The lowest BCUT2D eigenvalue weighted by atomic mass is 9.35. The first-order valence-corrected chi connectivity index (χ1v) is 17.0. The molecule has 0 radical (unpaired) electrons. The maximum Gasteiger partial charge on any atom is 0.244 e. The molecule has 1 heterocycles. The van der Waals surface area contributed by atoms with Gasteiger partial charge >= 0.3 is 0 Å². The lowest BCUT2D eigenvalue weighted by molar-refractivity contribution is 0.812. The molecule has 0 amide bonds. The number of fused-ring (bicyclic) bond motifs is 4. The summed E-state index contributed by atoms with van der Waals surface area (Å²) in [6.45, 7) is 24.0. The lowest BCUT2D eigenvalue weighted by Gasteiger charge is -2.28. The molecule has 0 unspecified atom stereocenters. The van der Waals surface area contributed by atoms with Gasteiger partial charge in [-0.05, 0) is 107 Å². The Bertz CT molecular complexity index is 2010. The molecular formula is C43H47B. The molecule has 44 heavy (non-hydrogen) atoms. The third-order valence-electron chi connectivity index (χ3n) is 10.5. The molecule has 222 valence electrons. The summed E-state index contributed by atoms with van der Waals surface area (Å²) in [5.41, 5.74) is 15.0. The quantitative estimate of drug-likeness (QED) is 0.137. The van der Waals surface area contributed by atoms with Crippen molar-refractivity contribution in [2.24, 2.45) is 0 Å². The van der Waals surface area contributed by atoms with Gasteiger partial charge in [-0.2, -0.15) is 0 Å². The number of hydrogen-bond acceptors (Lipinski definition) is 0. The van der Waals surface area contributed by atoms with Gasteiger partial charge in [0, 0.05) is 0 Å². The Kier molecular flexibility index (Phi) is 6.96. The van der Waals surface area contributed by atoms with Crippen molar-refractivity contribution in [1.82, 2.24) is 0 Å². The standard InChI is InChI=1S/C43H47B/c1-23(2)31-19-34(25(5)6)42(35(20-31)26(7)8)44-41-33-17-16-29-13-11-12-28-14-15-30(40(33)39(28)29)18-37(41)38-22-32(24(3)4)21-36(27(9)10)43(38)44/h11-27H,1-10H3. The van der Waals surface area contributed by atoms with Crippen molar-refractivity contribution in [1.29, 1.82) is 0 Å². The van der Waals surface area contributed by atoms with Crippen LogP contribution in [0.15, 0.2) is 72.8 Å². The summed E-state index contributed by atoms with van der Waals surface area (Å²) in [4.78, 5) is 0. The van der Waals surface area contributed by atoms with Crippen LogP contribution in [0.5, 0.6) is 0 Å². The SMILES string of the molecule is CC(C)c1cc2c(c(C(C)C)c1)B(c1c(C(C)C)cc(C(C)C)cc1C(C)C)c1c-2cc2ccc3cccc4ccc1c2c34. The molecule has 0 bridgehead atoms. The zero-order valence-electron chi connectivity index (χ0n) is 28.4. The Hall–Kier alpha value is -3.58. The third-order valence-corrected chi connectivity index (χ3v) is 10.5. The van der Waals surface area contributed by atoms with Crippen LogP contribution >= 0.6 is 0 Å². The second-order valence-electron chi connectivity index (χ2n) is 15.1. The van der Waals surface area contributed by atoms with E-state index in [-0.39, 0.29) is 6.71 Å². The molecule has 0 aromatic heterocycles. The van der Waals surface area contributed by atoms with Gasteiger partial charge in [0.2, 0.25) is 6.71 Å². The van der Waals surface area contributed by atoms with Crippen LogP contribution in [0, 0.1) is 0 Å². The average Bonchev–Trinajstić information content (AvgIpc) is 3.32. The van der Waals surface area contributed by atoms with Crippen LogP contribution in [0.4, 0.5) is 0 Å². The third kappa shape index (κ3) is 4.26. The fourth-order valence-corrected chi connectivity index (χ4v) is 8.20. The van der Waals surface area contributed by atoms with E-state index >= 15 is 0 Å². The van der Waals surface area contributed by atoms with Crippen molar-refractivity contribution in [2.75, 3.05) is 0 Å². The predicted molar refractivity (Wildman–Crippen MR) is 197 cm³/mol. The van der Waals surface area contributed by atoms with Crippen LogP contribution in [0.1, 0.15) is 127 Å². The largest absolute Gasteiger partial charge is 0.244 e. The van der Waals surface area contributed by atoms with Crippen molar-refractivity contribution in [3.63, 3.8) is 0 Å². The molecule has 1 heteroatoms. The second-order valence-corrected chi connectivity index (χ2v) is 15.1. The van der Waals surface area contributed by atoms with Crippen molar-refractivity contribution in [2.45, 2.75) is 98.8 Å². The molecule has 0 saturated carbocycles. The lowest BCUT2D eigenvalue weighted by Crippen LogP contribution is -2.53. The average molecular weight is 575 g/mol. The summed E-state index contributed by atoms with van der Waals surface area (Å²) in [5.74, 6) is 2.29. The molecule has 0 fully saturated rings. The van der Waals surface area contributed by atoms with Gasteiger partial charge < -0.3 is 0 Å². The Labute approximate surface area is 265 Å². The second kappa shape index (κ2) is 10.5. The van der Waals surface area contributed by atoms with Gasteiger partial charge in [-0.25, -0.2) is 0 Å². The van der Waals surface area contributed by atoms with E-state index in [0.29, 0.717) is 29.6 Å². The van der Waals surface area contributed by atoms with E-state index in [4.69, 9.17) is 0 Å². The van der Waals surface area contributed by atoms with Gasteiger partial charge in [0.1, 0.15) is 0 Å². The fourth-order valence-electron chi connectivity index (χ4n) is 8.20. The minimum Gasteiger partial charge on any atom is -0.0618 e. The summed E-state index contributed by atoms with van der Waals surface area (Å²) in [6, 6.07) is 29.0. The molecule has 0 nitrogen and oxygen atoms in total. The predicted octanol–water partition coefficient (Wildman–Crippen LogP) is 10.7. The molecule has 1 aliphatic rings. The Morgan fingerprint density at radius 3 is 1.43 bits per heavy atom. The van der Waals surface area contributed by atoms with Crippen molar-refractivity contribution < 1.29 is 0 Å². The minimum atomic E-state index is 0.208. The Balaban J connectivity index is 1.71. The normalized spacial score (nSPS) is 13.3. The van der Waals surface area contributed by atoms with Gasteiger partial charge in [0.15, 0.2) is 0 Å². The van der Waals surface area contributed by atoms with Crippen LogP contribution < -0.4 is 16.4 Å². The number of benzene rings is 6. The van der Waals surface area contributed by atoms with Crippen molar-refractivity contribution >= 4 is 55.4 Å². The molecule has 7 rings (SSSR count). The van der Waals surface area contributed by atoms with E-state index in [1.54, 1.807) is 10.9 Å². The summed E-state index contributed by atoms with van der Waals surface area (Å²) >= 11 is 0. The number of rotatable bonds is 6. The maximum absolute atomic E-state index is 2.56. The Morgan fingerprint density at radius 1 is 0.409 bits per heavy atom. The summed E-state index contributed by atoms with van der Waals surface area (Å²) in [5, 5.41) is 8.31. The monoisotopic (exact) mass is 574 g/mol. The first kappa shape index (κ1) is 29.2. The van der Waals surface area contributed by atoms with Crippen molar-refractivity contribution in [3.05, 3.63) is 101 Å². The highest BCUT2D eigenvalue weighted by Gasteiger charge is 2.41. The van der Waals surface area contributed by atoms with Crippen LogP contribution in [0.3, 0.4) is 0 Å².